The fourth-order valence-electron chi connectivity index (χ4n) is 3.72. The number of hydrogen-bond donors (Lipinski definition) is 0. The van der Waals surface area contributed by atoms with Crippen molar-refractivity contribution in [1.29, 1.82) is 5.26 Å². The molecule has 1 unspecified atom stereocenters. The highest BCUT2D eigenvalue weighted by molar-refractivity contribution is 7.19. The van der Waals surface area contributed by atoms with Crippen LogP contribution in [0.1, 0.15) is 23.8 Å². The largest absolute Gasteiger partial charge is 0.353 e. The standard InChI is InChI=1S/C17H21N5S/c1-12-2-3-14-13(10-12)15-16(19-11-20-17(15)23-14)22-8-6-21(5-4-18)7-9-22/h11-12H,2-3,5-10H2,1H3. The lowest BCUT2D eigenvalue weighted by atomic mass is 9.88. The fourth-order valence-corrected chi connectivity index (χ4v) is 4.90. The maximum atomic E-state index is 8.85. The van der Waals surface area contributed by atoms with E-state index >= 15 is 0 Å². The van der Waals surface area contributed by atoms with E-state index in [9.17, 15) is 0 Å². The summed E-state index contributed by atoms with van der Waals surface area (Å²) in [7, 11) is 0. The van der Waals surface area contributed by atoms with E-state index in [0.29, 0.717) is 6.54 Å². The minimum Gasteiger partial charge on any atom is -0.353 e. The van der Waals surface area contributed by atoms with Gasteiger partial charge in [0.15, 0.2) is 0 Å². The van der Waals surface area contributed by atoms with Gasteiger partial charge in [0.25, 0.3) is 0 Å². The van der Waals surface area contributed by atoms with Crippen LogP contribution in [0, 0.1) is 17.2 Å². The highest BCUT2D eigenvalue weighted by Crippen LogP contribution is 2.40. The van der Waals surface area contributed by atoms with Crippen LogP contribution >= 0.6 is 11.3 Å². The minimum absolute atomic E-state index is 0.526. The molecule has 1 aliphatic heterocycles. The topological polar surface area (TPSA) is 56.1 Å². The quantitative estimate of drug-likeness (QED) is 0.793. The van der Waals surface area contributed by atoms with Gasteiger partial charge in [-0.15, -0.1) is 11.3 Å². The van der Waals surface area contributed by atoms with E-state index < -0.39 is 0 Å². The van der Waals surface area contributed by atoms with Crippen molar-refractivity contribution in [3.05, 3.63) is 16.8 Å². The molecule has 2 aliphatic rings. The van der Waals surface area contributed by atoms with E-state index in [0.717, 1.165) is 49.2 Å². The van der Waals surface area contributed by atoms with Crippen molar-refractivity contribution in [1.82, 2.24) is 14.9 Å². The van der Waals surface area contributed by atoms with Crippen molar-refractivity contribution in [3.8, 4) is 6.07 Å². The predicted octanol–water partition coefficient (Wildman–Crippen LogP) is 2.46. The van der Waals surface area contributed by atoms with Gasteiger partial charge < -0.3 is 4.90 Å². The van der Waals surface area contributed by atoms with Crippen LogP contribution in [0.5, 0.6) is 0 Å². The number of anilines is 1. The third kappa shape index (κ3) is 2.68. The summed E-state index contributed by atoms with van der Waals surface area (Å²) in [5.74, 6) is 1.86. The van der Waals surface area contributed by atoms with E-state index in [2.05, 4.69) is 32.8 Å². The van der Waals surface area contributed by atoms with Crippen molar-refractivity contribution in [2.24, 2.45) is 5.92 Å². The molecule has 0 radical (unpaired) electrons. The second-order valence-electron chi connectivity index (χ2n) is 6.65. The minimum atomic E-state index is 0.526. The van der Waals surface area contributed by atoms with Gasteiger partial charge in [-0.1, -0.05) is 6.92 Å². The van der Waals surface area contributed by atoms with E-state index in [1.165, 1.54) is 28.7 Å². The van der Waals surface area contributed by atoms with Crippen LogP contribution < -0.4 is 4.90 Å². The van der Waals surface area contributed by atoms with Crippen molar-refractivity contribution >= 4 is 27.4 Å². The molecule has 4 rings (SSSR count). The maximum Gasteiger partial charge on any atom is 0.141 e. The average molecular weight is 327 g/mol. The molecule has 0 bridgehead atoms. The van der Waals surface area contributed by atoms with Gasteiger partial charge in [-0.2, -0.15) is 5.26 Å². The molecule has 3 heterocycles. The number of nitriles is 1. The molecule has 1 saturated heterocycles. The predicted molar refractivity (Wildman–Crippen MR) is 92.9 cm³/mol. The SMILES string of the molecule is CC1CCc2sc3ncnc(N4CCN(CC#N)CC4)c3c2C1. The summed E-state index contributed by atoms with van der Waals surface area (Å²) in [5, 5.41) is 10.1. The van der Waals surface area contributed by atoms with Gasteiger partial charge in [0.05, 0.1) is 18.0 Å². The Kier molecular flexibility index (Phi) is 3.92. The molecule has 0 spiro atoms. The average Bonchev–Trinajstić information content (AvgIpc) is 2.94. The van der Waals surface area contributed by atoms with Crippen molar-refractivity contribution in [2.75, 3.05) is 37.6 Å². The van der Waals surface area contributed by atoms with Gasteiger partial charge in [0.2, 0.25) is 0 Å². The molecule has 0 amide bonds. The number of rotatable bonds is 2. The lowest BCUT2D eigenvalue weighted by Gasteiger charge is -2.34. The summed E-state index contributed by atoms with van der Waals surface area (Å²) >= 11 is 1.86. The van der Waals surface area contributed by atoms with Gasteiger partial charge in [0, 0.05) is 31.1 Å². The Morgan fingerprint density at radius 1 is 1.30 bits per heavy atom. The van der Waals surface area contributed by atoms with Crippen LogP contribution in [0.4, 0.5) is 5.82 Å². The first-order chi connectivity index (χ1) is 11.3. The van der Waals surface area contributed by atoms with E-state index in [4.69, 9.17) is 5.26 Å². The summed E-state index contributed by atoms with van der Waals surface area (Å²) in [6, 6.07) is 2.25. The summed E-state index contributed by atoms with van der Waals surface area (Å²) in [4.78, 5) is 16.4. The zero-order valence-corrected chi connectivity index (χ0v) is 14.3. The third-order valence-corrected chi connectivity index (χ3v) is 6.23. The zero-order valence-electron chi connectivity index (χ0n) is 13.5. The number of fused-ring (bicyclic) bond motifs is 3. The smallest absolute Gasteiger partial charge is 0.141 e. The number of hydrogen-bond acceptors (Lipinski definition) is 6. The molecular formula is C17H21N5S. The molecule has 5 nitrogen and oxygen atoms in total. The highest BCUT2D eigenvalue weighted by atomic mass is 32.1. The second-order valence-corrected chi connectivity index (χ2v) is 7.73. The molecule has 120 valence electrons. The Labute approximate surface area is 140 Å². The second kappa shape index (κ2) is 6.06. The van der Waals surface area contributed by atoms with E-state index in [1.807, 2.05) is 11.3 Å². The van der Waals surface area contributed by atoms with E-state index in [1.54, 1.807) is 6.33 Å². The van der Waals surface area contributed by atoms with E-state index in [-0.39, 0.29) is 0 Å². The Bertz CT molecular complexity index is 754. The molecule has 1 fully saturated rings. The summed E-state index contributed by atoms with van der Waals surface area (Å²) in [6.45, 7) is 6.61. The lowest BCUT2D eigenvalue weighted by molar-refractivity contribution is 0.286. The molecule has 6 heteroatoms. The van der Waals surface area contributed by atoms with Crippen LogP contribution in [-0.4, -0.2) is 47.6 Å². The lowest BCUT2D eigenvalue weighted by Crippen LogP contribution is -2.46. The Balaban J connectivity index is 1.68. The first-order valence-corrected chi connectivity index (χ1v) is 9.17. The number of aromatic nitrogens is 2. The number of nitrogens with zero attached hydrogens (tertiary/aromatic N) is 5. The molecule has 0 saturated carbocycles. The third-order valence-electron chi connectivity index (χ3n) is 5.03. The number of thiophene rings is 1. The number of piperazine rings is 1. The maximum absolute atomic E-state index is 8.85. The molecule has 23 heavy (non-hydrogen) atoms. The summed E-state index contributed by atoms with van der Waals surface area (Å²) in [6.07, 6.45) is 5.34. The Morgan fingerprint density at radius 3 is 2.91 bits per heavy atom. The molecule has 1 aliphatic carbocycles. The molecule has 2 aromatic rings. The molecule has 0 aromatic carbocycles. The molecule has 1 atom stereocenters. The first kappa shape index (κ1) is 14.9. The first-order valence-electron chi connectivity index (χ1n) is 8.35. The fraction of sp³-hybridized carbons (Fsp3) is 0.588. The monoisotopic (exact) mass is 327 g/mol. The summed E-state index contributed by atoms with van der Waals surface area (Å²) in [5.41, 5.74) is 1.50. The molecule has 2 aromatic heterocycles. The Hall–Kier alpha value is -1.71. The van der Waals surface area contributed by atoms with Crippen molar-refractivity contribution in [2.45, 2.75) is 26.2 Å². The van der Waals surface area contributed by atoms with Gasteiger partial charge in [0.1, 0.15) is 17.0 Å². The van der Waals surface area contributed by atoms with Gasteiger partial charge in [-0.25, -0.2) is 9.97 Å². The van der Waals surface area contributed by atoms with Crippen LogP contribution in [0.2, 0.25) is 0 Å². The van der Waals surface area contributed by atoms with Crippen molar-refractivity contribution < 1.29 is 0 Å². The normalized spacial score (nSPS) is 22.1. The zero-order chi connectivity index (χ0) is 15.8. The summed E-state index contributed by atoms with van der Waals surface area (Å²) < 4.78 is 0. The van der Waals surface area contributed by atoms with Crippen molar-refractivity contribution in [3.63, 3.8) is 0 Å². The molecular weight excluding hydrogens is 306 g/mol. The Morgan fingerprint density at radius 2 is 2.13 bits per heavy atom. The molecule has 0 N–H and O–H groups in total. The van der Waals surface area contributed by atoms with Gasteiger partial charge in [-0.05, 0) is 30.7 Å². The van der Waals surface area contributed by atoms with Crippen LogP contribution in [0.25, 0.3) is 10.2 Å². The highest BCUT2D eigenvalue weighted by Gasteiger charge is 2.26. The van der Waals surface area contributed by atoms with Gasteiger partial charge >= 0.3 is 0 Å². The number of aryl methyl sites for hydroxylation is 1. The van der Waals surface area contributed by atoms with Crippen LogP contribution in [0.15, 0.2) is 6.33 Å². The van der Waals surface area contributed by atoms with Crippen LogP contribution in [0.3, 0.4) is 0 Å². The van der Waals surface area contributed by atoms with Crippen LogP contribution in [-0.2, 0) is 12.8 Å². The van der Waals surface area contributed by atoms with Gasteiger partial charge in [-0.3, -0.25) is 4.90 Å².